The van der Waals surface area contributed by atoms with Gasteiger partial charge in [-0.15, -0.1) is 0 Å². The monoisotopic (exact) mass is 362 g/mol. The predicted octanol–water partition coefficient (Wildman–Crippen LogP) is 5.06. The van der Waals surface area contributed by atoms with E-state index in [1.807, 2.05) is 25.1 Å². The SMILES string of the molecule is CC(NC(c1ccccc1)C1CC1)C(=O)Nc1ccc(Cl)cc1Cl. The number of nitrogens with one attached hydrogen (secondary N) is 2. The van der Waals surface area contributed by atoms with Crippen LogP contribution in [-0.4, -0.2) is 11.9 Å². The van der Waals surface area contributed by atoms with Gasteiger partial charge in [0.25, 0.3) is 0 Å². The third-order valence-corrected chi connectivity index (χ3v) is 4.81. The van der Waals surface area contributed by atoms with Crippen LogP contribution in [0.2, 0.25) is 10.0 Å². The van der Waals surface area contributed by atoms with Crippen molar-refractivity contribution in [2.45, 2.75) is 31.8 Å². The number of halogens is 2. The first-order valence-electron chi connectivity index (χ1n) is 8.11. The molecule has 24 heavy (non-hydrogen) atoms. The number of hydrogen-bond acceptors (Lipinski definition) is 2. The van der Waals surface area contributed by atoms with Crippen molar-refractivity contribution in [3.05, 3.63) is 64.1 Å². The third-order valence-electron chi connectivity index (χ3n) is 4.26. The average molecular weight is 363 g/mol. The highest BCUT2D eigenvalue weighted by molar-refractivity contribution is 6.36. The van der Waals surface area contributed by atoms with Gasteiger partial charge in [0, 0.05) is 11.1 Å². The summed E-state index contributed by atoms with van der Waals surface area (Å²) in [6.07, 6.45) is 2.40. The zero-order valence-corrected chi connectivity index (χ0v) is 14.9. The van der Waals surface area contributed by atoms with Crippen LogP contribution in [0.25, 0.3) is 0 Å². The van der Waals surface area contributed by atoms with Crippen LogP contribution >= 0.6 is 23.2 Å². The second-order valence-electron chi connectivity index (χ2n) is 6.23. The zero-order valence-electron chi connectivity index (χ0n) is 13.4. The molecule has 0 aliphatic heterocycles. The molecule has 3 rings (SSSR count). The zero-order chi connectivity index (χ0) is 17.1. The van der Waals surface area contributed by atoms with E-state index in [9.17, 15) is 4.79 Å². The summed E-state index contributed by atoms with van der Waals surface area (Å²) >= 11 is 12.0. The van der Waals surface area contributed by atoms with Gasteiger partial charge in [0.05, 0.1) is 16.8 Å². The average Bonchev–Trinajstić information content (AvgIpc) is 3.40. The Morgan fingerprint density at radius 2 is 1.83 bits per heavy atom. The van der Waals surface area contributed by atoms with Crippen LogP contribution in [0.3, 0.4) is 0 Å². The van der Waals surface area contributed by atoms with E-state index >= 15 is 0 Å². The highest BCUT2D eigenvalue weighted by Gasteiger charge is 2.34. The number of benzene rings is 2. The number of anilines is 1. The quantitative estimate of drug-likeness (QED) is 0.753. The first-order valence-corrected chi connectivity index (χ1v) is 8.87. The number of amides is 1. The van der Waals surface area contributed by atoms with Gasteiger partial charge in [-0.1, -0.05) is 53.5 Å². The van der Waals surface area contributed by atoms with Gasteiger partial charge in [0.1, 0.15) is 0 Å². The van der Waals surface area contributed by atoms with Crippen LogP contribution in [0.5, 0.6) is 0 Å². The molecule has 0 aromatic heterocycles. The Morgan fingerprint density at radius 3 is 2.46 bits per heavy atom. The Morgan fingerprint density at radius 1 is 1.12 bits per heavy atom. The Hall–Kier alpha value is -1.55. The summed E-state index contributed by atoms with van der Waals surface area (Å²) in [6.45, 7) is 1.87. The van der Waals surface area contributed by atoms with Crippen LogP contribution in [0, 0.1) is 5.92 Å². The summed E-state index contributed by atoms with van der Waals surface area (Å²) in [6, 6.07) is 15.2. The van der Waals surface area contributed by atoms with Crippen LogP contribution in [0.4, 0.5) is 5.69 Å². The molecule has 0 saturated heterocycles. The molecule has 2 N–H and O–H groups in total. The van der Waals surface area contributed by atoms with Crippen molar-refractivity contribution in [3.63, 3.8) is 0 Å². The molecule has 1 amide bonds. The minimum absolute atomic E-state index is 0.110. The molecule has 2 aromatic rings. The summed E-state index contributed by atoms with van der Waals surface area (Å²) < 4.78 is 0. The van der Waals surface area contributed by atoms with Gasteiger partial charge in [-0.05, 0) is 49.4 Å². The maximum Gasteiger partial charge on any atom is 0.241 e. The van der Waals surface area contributed by atoms with Crippen LogP contribution in [0.15, 0.2) is 48.5 Å². The second kappa shape index (κ2) is 7.56. The van der Waals surface area contributed by atoms with E-state index in [-0.39, 0.29) is 18.0 Å². The lowest BCUT2D eigenvalue weighted by atomic mass is 10.0. The minimum Gasteiger partial charge on any atom is -0.323 e. The highest BCUT2D eigenvalue weighted by Crippen LogP contribution is 2.41. The standard InChI is InChI=1S/C19H20Cl2N2O/c1-12(19(24)23-17-10-9-15(20)11-16(17)21)22-18(14-7-8-14)13-5-3-2-4-6-13/h2-6,9-12,14,18,22H,7-8H2,1H3,(H,23,24). The number of rotatable bonds is 6. The molecule has 3 nitrogen and oxygen atoms in total. The van der Waals surface area contributed by atoms with E-state index in [1.54, 1.807) is 18.2 Å². The fraction of sp³-hybridized carbons (Fsp3) is 0.316. The number of carbonyl (C=O) groups excluding carboxylic acids is 1. The Bertz CT molecular complexity index is 717. The van der Waals surface area contributed by atoms with Gasteiger partial charge >= 0.3 is 0 Å². The summed E-state index contributed by atoms with van der Waals surface area (Å²) in [5.41, 5.74) is 1.80. The molecule has 1 aliphatic carbocycles. The minimum atomic E-state index is -0.331. The molecule has 0 radical (unpaired) electrons. The van der Waals surface area contributed by atoms with Gasteiger partial charge in [-0.3, -0.25) is 10.1 Å². The van der Waals surface area contributed by atoms with Crippen molar-refractivity contribution < 1.29 is 4.79 Å². The molecule has 2 atom stereocenters. The van der Waals surface area contributed by atoms with Crippen LogP contribution in [-0.2, 0) is 4.79 Å². The van der Waals surface area contributed by atoms with Crippen molar-refractivity contribution in [2.75, 3.05) is 5.32 Å². The second-order valence-corrected chi connectivity index (χ2v) is 7.07. The van der Waals surface area contributed by atoms with Gasteiger partial charge < -0.3 is 5.32 Å². The van der Waals surface area contributed by atoms with Gasteiger partial charge in [0.15, 0.2) is 0 Å². The van der Waals surface area contributed by atoms with Crippen molar-refractivity contribution in [1.82, 2.24) is 5.32 Å². The molecule has 126 valence electrons. The van der Waals surface area contributed by atoms with Crippen molar-refractivity contribution in [3.8, 4) is 0 Å². The Kier molecular flexibility index (Phi) is 5.44. The Labute approximate surface area is 152 Å². The molecule has 2 unspecified atom stereocenters. The first kappa shape index (κ1) is 17.3. The maximum absolute atomic E-state index is 12.5. The van der Waals surface area contributed by atoms with E-state index in [0.717, 1.165) is 0 Å². The molecule has 1 aliphatic rings. The number of carbonyl (C=O) groups is 1. The smallest absolute Gasteiger partial charge is 0.241 e. The molecular formula is C19H20Cl2N2O. The van der Waals surface area contributed by atoms with E-state index in [1.165, 1.54) is 18.4 Å². The molecule has 0 spiro atoms. The van der Waals surface area contributed by atoms with Crippen molar-refractivity contribution in [2.24, 2.45) is 5.92 Å². The van der Waals surface area contributed by atoms with Crippen LogP contribution in [0.1, 0.15) is 31.4 Å². The molecule has 0 heterocycles. The first-order chi connectivity index (χ1) is 11.5. The van der Waals surface area contributed by atoms with E-state index in [2.05, 4.69) is 22.8 Å². The topological polar surface area (TPSA) is 41.1 Å². The summed E-state index contributed by atoms with van der Waals surface area (Å²) in [5, 5.41) is 7.30. The normalized spacial score (nSPS) is 16.5. The molecule has 5 heteroatoms. The summed E-state index contributed by atoms with van der Waals surface area (Å²) in [7, 11) is 0. The molecule has 1 saturated carbocycles. The van der Waals surface area contributed by atoms with Crippen molar-refractivity contribution in [1.29, 1.82) is 0 Å². The lowest BCUT2D eigenvalue weighted by Crippen LogP contribution is -2.41. The van der Waals surface area contributed by atoms with Gasteiger partial charge in [-0.25, -0.2) is 0 Å². The van der Waals surface area contributed by atoms with Crippen molar-refractivity contribution >= 4 is 34.8 Å². The van der Waals surface area contributed by atoms with Crippen LogP contribution < -0.4 is 10.6 Å². The largest absolute Gasteiger partial charge is 0.323 e. The molecule has 0 bridgehead atoms. The van der Waals surface area contributed by atoms with E-state index < -0.39 is 0 Å². The summed E-state index contributed by atoms with van der Waals surface area (Å²) in [5.74, 6) is 0.488. The predicted molar refractivity (Wildman–Crippen MR) is 99.6 cm³/mol. The molecular weight excluding hydrogens is 343 g/mol. The third kappa shape index (κ3) is 4.29. The summed E-state index contributed by atoms with van der Waals surface area (Å²) in [4.78, 5) is 12.5. The van der Waals surface area contributed by atoms with E-state index in [4.69, 9.17) is 23.2 Å². The molecule has 2 aromatic carbocycles. The highest BCUT2D eigenvalue weighted by atomic mass is 35.5. The molecule has 1 fully saturated rings. The van der Waals surface area contributed by atoms with Gasteiger partial charge in [-0.2, -0.15) is 0 Å². The fourth-order valence-electron chi connectivity index (χ4n) is 2.77. The Balaban J connectivity index is 1.66. The van der Waals surface area contributed by atoms with Gasteiger partial charge in [0.2, 0.25) is 5.91 Å². The lowest BCUT2D eigenvalue weighted by Gasteiger charge is -2.23. The fourth-order valence-corrected chi connectivity index (χ4v) is 3.23. The number of hydrogen-bond donors (Lipinski definition) is 2. The lowest BCUT2D eigenvalue weighted by molar-refractivity contribution is -0.118. The maximum atomic E-state index is 12.5. The van der Waals surface area contributed by atoms with E-state index in [0.29, 0.717) is 21.7 Å².